The molecule has 2 N–H and O–H groups in total. The van der Waals surface area contributed by atoms with E-state index in [-0.39, 0.29) is 30.3 Å². The van der Waals surface area contributed by atoms with Crippen molar-refractivity contribution >= 4 is 44.7 Å². The highest BCUT2D eigenvalue weighted by atomic mass is 32.1. The molecule has 1 aromatic heterocycles. The van der Waals surface area contributed by atoms with E-state index in [4.69, 9.17) is 9.72 Å². The number of anilines is 2. The van der Waals surface area contributed by atoms with Crippen LogP contribution in [0.5, 0.6) is 5.75 Å². The molecule has 0 saturated heterocycles. The molecule has 2 amide bonds. The van der Waals surface area contributed by atoms with Gasteiger partial charge >= 0.3 is 0 Å². The Bertz CT molecular complexity index is 1060. The molecule has 2 aliphatic rings. The summed E-state index contributed by atoms with van der Waals surface area (Å²) in [5.41, 5.74) is 2.25. The number of nitrogens with one attached hydrogen (secondary N) is 2. The zero-order valence-corrected chi connectivity index (χ0v) is 16.6. The van der Waals surface area contributed by atoms with E-state index in [1.54, 1.807) is 23.5 Å². The molecule has 0 spiro atoms. The second-order valence-corrected chi connectivity index (χ2v) is 8.62. The highest BCUT2D eigenvalue weighted by Gasteiger charge is 2.34. The third-order valence-corrected chi connectivity index (χ3v) is 6.78. The number of fused-ring (bicyclic) bond motifs is 2. The molecular weight excluding hydrogens is 386 g/mol. The number of carbonyl (C=O) groups is 2. The van der Waals surface area contributed by atoms with Crippen molar-refractivity contribution in [3.05, 3.63) is 47.5 Å². The van der Waals surface area contributed by atoms with Crippen LogP contribution >= 0.6 is 11.3 Å². The first-order valence-corrected chi connectivity index (χ1v) is 10.7. The summed E-state index contributed by atoms with van der Waals surface area (Å²) >= 11 is 1.69. The fourth-order valence-electron chi connectivity index (χ4n) is 4.18. The maximum absolute atomic E-state index is 13.1. The number of benzene rings is 2. The Labute approximate surface area is 172 Å². The van der Waals surface area contributed by atoms with Gasteiger partial charge in [-0.05, 0) is 43.2 Å². The Hall–Kier alpha value is -2.93. The topological polar surface area (TPSA) is 80.3 Å². The van der Waals surface area contributed by atoms with Crippen molar-refractivity contribution < 1.29 is 14.3 Å². The summed E-state index contributed by atoms with van der Waals surface area (Å²) in [6, 6.07) is 13.5. The van der Waals surface area contributed by atoms with Crippen LogP contribution in [0.3, 0.4) is 0 Å². The molecule has 0 bridgehead atoms. The van der Waals surface area contributed by atoms with Crippen molar-refractivity contribution in [1.82, 2.24) is 4.98 Å². The normalized spacial score (nSPS) is 21.2. The van der Waals surface area contributed by atoms with E-state index in [2.05, 4.69) is 16.7 Å². The van der Waals surface area contributed by atoms with Gasteiger partial charge in [0.1, 0.15) is 5.75 Å². The van der Waals surface area contributed by atoms with Gasteiger partial charge in [0.05, 0.1) is 20.9 Å². The second kappa shape index (κ2) is 7.48. The quantitative estimate of drug-likeness (QED) is 0.668. The van der Waals surface area contributed by atoms with E-state index < -0.39 is 0 Å². The van der Waals surface area contributed by atoms with Crippen LogP contribution in [0.2, 0.25) is 0 Å². The van der Waals surface area contributed by atoms with E-state index in [9.17, 15) is 9.59 Å². The minimum atomic E-state index is -0.191. The Balaban J connectivity index is 1.37. The monoisotopic (exact) mass is 407 g/mol. The summed E-state index contributed by atoms with van der Waals surface area (Å²) in [7, 11) is 0. The van der Waals surface area contributed by atoms with Gasteiger partial charge in [-0.3, -0.25) is 9.59 Å². The predicted molar refractivity (Wildman–Crippen MR) is 114 cm³/mol. The van der Waals surface area contributed by atoms with Crippen molar-refractivity contribution in [3.63, 3.8) is 0 Å². The number of amides is 2. The lowest BCUT2D eigenvalue weighted by molar-refractivity contribution is -0.121. The summed E-state index contributed by atoms with van der Waals surface area (Å²) in [6.07, 6.45) is 4.00. The van der Waals surface area contributed by atoms with Gasteiger partial charge in [-0.2, -0.15) is 0 Å². The highest BCUT2D eigenvalue weighted by Crippen LogP contribution is 2.41. The molecule has 3 aromatic rings. The van der Waals surface area contributed by atoms with Gasteiger partial charge < -0.3 is 15.4 Å². The summed E-state index contributed by atoms with van der Waals surface area (Å²) in [5.74, 6) is 0.474. The van der Waals surface area contributed by atoms with Crippen molar-refractivity contribution in [2.45, 2.75) is 31.6 Å². The van der Waals surface area contributed by atoms with Crippen LogP contribution in [0.4, 0.5) is 11.4 Å². The summed E-state index contributed by atoms with van der Waals surface area (Å²) in [4.78, 5) is 29.5. The van der Waals surface area contributed by atoms with Crippen LogP contribution in [-0.2, 0) is 9.59 Å². The van der Waals surface area contributed by atoms with E-state index in [0.29, 0.717) is 17.1 Å². The smallest absolute Gasteiger partial charge is 0.262 e. The van der Waals surface area contributed by atoms with Gasteiger partial charge in [0.25, 0.3) is 5.91 Å². The molecule has 2 heterocycles. The van der Waals surface area contributed by atoms with Crippen LogP contribution in [0.15, 0.2) is 42.5 Å². The summed E-state index contributed by atoms with van der Waals surface area (Å²) in [5, 5.41) is 6.87. The number of para-hydroxylation sites is 1. The number of rotatable bonds is 3. The second-order valence-electron chi connectivity index (χ2n) is 7.55. The van der Waals surface area contributed by atoms with Crippen molar-refractivity contribution in [2.24, 2.45) is 5.92 Å². The average Bonchev–Trinajstić information content (AvgIpc) is 3.17. The van der Waals surface area contributed by atoms with Gasteiger partial charge in [0.2, 0.25) is 5.91 Å². The van der Waals surface area contributed by atoms with Crippen molar-refractivity contribution in [2.75, 3.05) is 17.2 Å². The lowest BCUT2D eigenvalue weighted by atomic mass is 9.79. The number of hydrogen-bond donors (Lipinski definition) is 2. The van der Waals surface area contributed by atoms with Crippen molar-refractivity contribution in [1.29, 1.82) is 0 Å². The third kappa shape index (κ3) is 3.58. The molecule has 148 valence electrons. The number of aromatic nitrogens is 1. The molecule has 6 nitrogen and oxygen atoms in total. The van der Waals surface area contributed by atoms with Crippen molar-refractivity contribution in [3.8, 4) is 5.75 Å². The van der Waals surface area contributed by atoms with Gasteiger partial charge in [-0.1, -0.05) is 25.0 Å². The standard InChI is InChI=1S/C22H21N3O3S/c26-20-12-28-18-10-9-13(11-17(18)24-20)23-21(27)14-5-1-2-6-15(14)22-25-16-7-3-4-8-19(16)29-22/h3-4,7-11,14-15H,1-2,5-6,12H2,(H,23,27)(H,24,26). The number of nitrogens with zero attached hydrogens (tertiary/aromatic N) is 1. The molecule has 0 radical (unpaired) electrons. The molecule has 1 aliphatic carbocycles. The molecule has 29 heavy (non-hydrogen) atoms. The number of carbonyl (C=O) groups excluding carboxylic acids is 2. The summed E-state index contributed by atoms with van der Waals surface area (Å²) < 4.78 is 6.55. The third-order valence-electron chi connectivity index (χ3n) is 5.61. The van der Waals surface area contributed by atoms with Crippen LogP contribution in [-0.4, -0.2) is 23.4 Å². The summed E-state index contributed by atoms with van der Waals surface area (Å²) in [6.45, 7) is 0.0185. The Morgan fingerprint density at radius 2 is 2.03 bits per heavy atom. The number of hydrogen-bond acceptors (Lipinski definition) is 5. The molecule has 2 atom stereocenters. The largest absolute Gasteiger partial charge is 0.482 e. The minimum Gasteiger partial charge on any atom is -0.482 e. The average molecular weight is 407 g/mol. The van der Waals surface area contributed by atoms with E-state index in [1.807, 2.05) is 24.3 Å². The Morgan fingerprint density at radius 3 is 2.93 bits per heavy atom. The first kappa shape index (κ1) is 18.1. The molecule has 2 unspecified atom stereocenters. The first-order chi connectivity index (χ1) is 14.2. The van der Waals surface area contributed by atoms with Gasteiger partial charge in [0, 0.05) is 17.5 Å². The predicted octanol–water partition coefficient (Wildman–Crippen LogP) is 4.54. The van der Waals surface area contributed by atoms with Crippen LogP contribution in [0.25, 0.3) is 10.2 Å². The fourth-order valence-corrected chi connectivity index (χ4v) is 5.35. The first-order valence-electron chi connectivity index (χ1n) is 9.90. The van der Waals surface area contributed by atoms with E-state index in [1.165, 1.54) is 0 Å². The van der Waals surface area contributed by atoms with Gasteiger partial charge in [-0.25, -0.2) is 4.98 Å². The zero-order valence-electron chi connectivity index (χ0n) is 15.8. The minimum absolute atomic E-state index is 0.0111. The van der Waals surface area contributed by atoms with E-state index in [0.717, 1.165) is 40.9 Å². The number of ether oxygens (including phenoxy) is 1. The lowest BCUT2D eigenvalue weighted by Gasteiger charge is -2.29. The van der Waals surface area contributed by atoms with Crippen LogP contribution < -0.4 is 15.4 Å². The molecular formula is C22H21N3O3S. The molecule has 1 aliphatic heterocycles. The molecule has 7 heteroatoms. The maximum Gasteiger partial charge on any atom is 0.262 e. The van der Waals surface area contributed by atoms with Crippen LogP contribution in [0.1, 0.15) is 36.6 Å². The lowest BCUT2D eigenvalue weighted by Crippen LogP contribution is -2.31. The maximum atomic E-state index is 13.1. The Kier molecular flexibility index (Phi) is 4.67. The fraction of sp³-hybridized carbons (Fsp3) is 0.318. The highest BCUT2D eigenvalue weighted by molar-refractivity contribution is 7.18. The van der Waals surface area contributed by atoms with Gasteiger partial charge in [-0.15, -0.1) is 11.3 Å². The van der Waals surface area contributed by atoms with E-state index >= 15 is 0 Å². The molecule has 1 fully saturated rings. The molecule has 1 saturated carbocycles. The molecule has 2 aromatic carbocycles. The zero-order chi connectivity index (χ0) is 19.8. The SMILES string of the molecule is O=C1COc2ccc(NC(=O)C3CCCCC3c3nc4ccccc4s3)cc2N1. The molecule has 5 rings (SSSR count). The number of thiazole rings is 1. The van der Waals surface area contributed by atoms with Gasteiger partial charge in [0.15, 0.2) is 6.61 Å². The van der Waals surface area contributed by atoms with Crippen LogP contribution in [0, 0.1) is 5.92 Å². The Morgan fingerprint density at radius 1 is 1.17 bits per heavy atom.